The van der Waals surface area contributed by atoms with Gasteiger partial charge in [-0.05, 0) is 25.0 Å². The number of hydrogen-bond acceptors (Lipinski definition) is 4. The van der Waals surface area contributed by atoms with Gasteiger partial charge in [0.2, 0.25) is 0 Å². The van der Waals surface area contributed by atoms with E-state index in [1.807, 2.05) is 38.2 Å². The molecule has 1 aromatic heterocycles. The van der Waals surface area contributed by atoms with Crippen LogP contribution in [0, 0.1) is 0 Å². The van der Waals surface area contributed by atoms with Crippen molar-refractivity contribution in [2.24, 2.45) is 0 Å². The number of carbonyl (C=O) groups excluding carboxylic acids is 1. The topological polar surface area (TPSA) is 33.2 Å². The van der Waals surface area contributed by atoms with Gasteiger partial charge in [-0.25, -0.2) is 4.98 Å². The van der Waals surface area contributed by atoms with E-state index in [1.54, 1.807) is 0 Å². The molecule has 1 aromatic carbocycles. The van der Waals surface area contributed by atoms with Crippen LogP contribution in [-0.2, 0) is 6.42 Å². The monoisotopic (exact) mass is 308 g/mol. The highest BCUT2D eigenvalue weighted by molar-refractivity contribution is 7.17. The first-order chi connectivity index (χ1) is 9.58. The predicted octanol–water partition coefficient (Wildman–Crippen LogP) is 4.37. The van der Waals surface area contributed by atoms with Crippen LogP contribution in [-0.4, -0.2) is 18.3 Å². The molecule has 0 spiro atoms. The Bertz CT molecular complexity index is 612. The van der Waals surface area contributed by atoms with Gasteiger partial charge >= 0.3 is 0 Å². The summed E-state index contributed by atoms with van der Waals surface area (Å²) >= 11 is 7.67. The minimum Gasteiger partial charge on any atom is -0.344 e. The molecule has 2 aromatic rings. The van der Waals surface area contributed by atoms with Gasteiger partial charge in [0.15, 0.2) is 11.4 Å². The van der Waals surface area contributed by atoms with Crippen molar-refractivity contribution in [3.05, 3.63) is 45.4 Å². The molecule has 0 aliphatic rings. The van der Waals surface area contributed by atoms with E-state index in [1.165, 1.54) is 11.3 Å². The number of rotatable bonds is 5. The maximum atomic E-state index is 11.0. The van der Waals surface area contributed by atoms with Crippen molar-refractivity contribution in [1.82, 2.24) is 4.98 Å². The molecule has 1 heterocycles. The molecule has 0 aliphatic heterocycles. The molecule has 0 radical (unpaired) electrons. The minimum absolute atomic E-state index is 0.0964. The molecule has 0 bridgehead atoms. The van der Waals surface area contributed by atoms with Crippen molar-refractivity contribution < 1.29 is 4.79 Å². The van der Waals surface area contributed by atoms with E-state index < -0.39 is 0 Å². The largest absolute Gasteiger partial charge is 0.344 e. The second kappa shape index (κ2) is 6.37. The smallest absolute Gasteiger partial charge is 0.186 e. The second-order valence-electron chi connectivity index (χ2n) is 4.59. The summed E-state index contributed by atoms with van der Waals surface area (Å²) in [5.74, 6) is 0. The summed E-state index contributed by atoms with van der Waals surface area (Å²) < 4.78 is 0. The number of aromatic nitrogens is 1. The van der Waals surface area contributed by atoms with E-state index in [0.717, 1.165) is 34.1 Å². The maximum absolute atomic E-state index is 11.0. The average molecular weight is 309 g/mol. The summed E-state index contributed by atoms with van der Waals surface area (Å²) in [6, 6.07) is 7.89. The zero-order chi connectivity index (χ0) is 14.7. The van der Waals surface area contributed by atoms with Gasteiger partial charge in [-0.15, -0.1) is 0 Å². The normalized spacial score (nSPS) is 12.2. The van der Waals surface area contributed by atoms with Gasteiger partial charge in [0.05, 0.1) is 16.6 Å². The molecular formula is C15H17ClN2OS. The van der Waals surface area contributed by atoms with Crippen molar-refractivity contribution in [1.29, 1.82) is 0 Å². The van der Waals surface area contributed by atoms with Crippen LogP contribution >= 0.6 is 22.9 Å². The molecule has 1 atom stereocenters. The van der Waals surface area contributed by atoms with Crippen LogP contribution in [0.4, 0.5) is 5.13 Å². The number of aldehydes is 1. The summed E-state index contributed by atoms with van der Waals surface area (Å²) in [5, 5.41) is 1.59. The number of aryl methyl sites for hydroxylation is 1. The number of halogens is 1. The van der Waals surface area contributed by atoms with Crippen LogP contribution in [0.15, 0.2) is 24.3 Å². The molecule has 3 nitrogen and oxygen atoms in total. The molecule has 2 rings (SSSR count). The van der Waals surface area contributed by atoms with E-state index in [0.29, 0.717) is 4.88 Å². The summed E-state index contributed by atoms with van der Waals surface area (Å²) in [6.45, 7) is 4.08. The van der Waals surface area contributed by atoms with Crippen molar-refractivity contribution >= 4 is 34.4 Å². The van der Waals surface area contributed by atoms with Crippen LogP contribution < -0.4 is 4.90 Å². The van der Waals surface area contributed by atoms with Gasteiger partial charge in [0, 0.05) is 12.1 Å². The molecule has 5 heteroatoms. The van der Waals surface area contributed by atoms with Crippen molar-refractivity contribution in [2.45, 2.75) is 26.3 Å². The van der Waals surface area contributed by atoms with Gasteiger partial charge < -0.3 is 4.90 Å². The molecule has 0 aliphatic carbocycles. The second-order valence-corrected chi connectivity index (χ2v) is 6.00. The summed E-state index contributed by atoms with van der Waals surface area (Å²) in [4.78, 5) is 18.4. The van der Waals surface area contributed by atoms with Crippen LogP contribution in [0.1, 0.15) is 40.8 Å². The van der Waals surface area contributed by atoms with Gasteiger partial charge in [0.1, 0.15) is 0 Å². The molecule has 1 unspecified atom stereocenters. The first kappa shape index (κ1) is 15.0. The van der Waals surface area contributed by atoms with Crippen molar-refractivity contribution in [3.8, 4) is 0 Å². The molecule has 0 saturated carbocycles. The molecule has 20 heavy (non-hydrogen) atoms. The van der Waals surface area contributed by atoms with Crippen molar-refractivity contribution in [3.63, 3.8) is 0 Å². The van der Waals surface area contributed by atoms with Gasteiger partial charge in [-0.3, -0.25) is 4.79 Å². The summed E-state index contributed by atoms with van der Waals surface area (Å²) in [7, 11) is 1.97. The first-order valence-corrected chi connectivity index (χ1v) is 7.70. The van der Waals surface area contributed by atoms with E-state index in [-0.39, 0.29) is 6.04 Å². The highest BCUT2D eigenvalue weighted by Crippen LogP contribution is 2.33. The van der Waals surface area contributed by atoms with Crippen molar-refractivity contribution in [2.75, 3.05) is 11.9 Å². The van der Waals surface area contributed by atoms with Crippen LogP contribution in [0.25, 0.3) is 0 Å². The van der Waals surface area contributed by atoms with E-state index in [4.69, 9.17) is 11.6 Å². The Morgan fingerprint density at radius 3 is 2.70 bits per heavy atom. The quantitative estimate of drug-likeness (QED) is 0.769. The van der Waals surface area contributed by atoms with Crippen LogP contribution in [0.3, 0.4) is 0 Å². The van der Waals surface area contributed by atoms with Crippen LogP contribution in [0.5, 0.6) is 0 Å². The Morgan fingerprint density at radius 1 is 1.45 bits per heavy atom. The first-order valence-electron chi connectivity index (χ1n) is 6.50. The Morgan fingerprint density at radius 2 is 2.15 bits per heavy atom. The number of nitrogens with zero attached hydrogens (tertiary/aromatic N) is 2. The number of carbonyl (C=O) groups is 1. The number of benzene rings is 1. The van der Waals surface area contributed by atoms with E-state index >= 15 is 0 Å². The fraction of sp³-hybridized carbons (Fsp3) is 0.333. The third kappa shape index (κ3) is 2.86. The molecule has 106 valence electrons. The zero-order valence-corrected chi connectivity index (χ0v) is 13.3. The van der Waals surface area contributed by atoms with Gasteiger partial charge in [-0.2, -0.15) is 0 Å². The maximum Gasteiger partial charge on any atom is 0.186 e. The lowest BCUT2D eigenvalue weighted by Gasteiger charge is -2.25. The summed E-state index contributed by atoms with van der Waals surface area (Å²) in [5.41, 5.74) is 1.91. The molecule has 0 N–H and O–H groups in total. The third-order valence-electron chi connectivity index (χ3n) is 3.40. The highest BCUT2D eigenvalue weighted by atomic mass is 35.5. The SMILES string of the molecule is CCc1nc(N(C)C(C)c2ccccc2Cl)sc1C=O. The Kier molecular flexibility index (Phi) is 4.78. The molecule has 0 saturated heterocycles. The Balaban J connectivity index is 2.31. The molecule has 0 fully saturated rings. The Hall–Kier alpha value is -1.39. The average Bonchev–Trinajstić information content (AvgIpc) is 2.89. The fourth-order valence-corrected chi connectivity index (χ4v) is 3.34. The van der Waals surface area contributed by atoms with E-state index in [9.17, 15) is 4.79 Å². The number of thiazole rings is 1. The summed E-state index contributed by atoms with van der Waals surface area (Å²) in [6.07, 6.45) is 1.65. The molecular weight excluding hydrogens is 292 g/mol. The lowest BCUT2D eigenvalue weighted by Crippen LogP contribution is -2.21. The number of hydrogen-bond donors (Lipinski definition) is 0. The van der Waals surface area contributed by atoms with Gasteiger partial charge in [-0.1, -0.05) is 48.1 Å². The van der Waals surface area contributed by atoms with E-state index in [2.05, 4.69) is 16.8 Å². The lowest BCUT2D eigenvalue weighted by molar-refractivity contribution is 0.112. The zero-order valence-electron chi connectivity index (χ0n) is 11.8. The Labute approximate surface area is 128 Å². The molecule has 0 amide bonds. The van der Waals surface area contributed by atoms with Crippen LogP contribution in [0.2, 0.25) is 5.02 Å². The standard InChI is InChI=1S/C15H17ClN2OS/c1-4-13-14(9-19)20-15(17-13)18(3)10(2)11-7-5-6-8-12(11)16/h5-10H,4H2,1-3H3. The number of anilines is 1. The lowest BCUT2D eigenvalue weighted by atomic mass is 10.1. The third-order valence-corrected chi connectivity index (χ3v) is 4.85. The highest BCUT2D eigenvalue weighted by Gasteiger charge is 2.19. The fourth-order valence-electron chi connectivity index (χ4n) is 2.04. The minimum atomic E-state index is 0.0964. The van der Waals surface area contributed by atoms with Gasteiger partial charge in [0.25, 0.3) is 0 Å². The predicted molar refractivity (Wildman–Crippen MR) is 85.1 cm³/mol.